The van der Waals surface area contributed by atoms with Crippen LogP contribution in [-0.2, 0) is 4.79 Å². The largest absolute Gasteiger partial charge is 0.480 e. The van der Waals surface area contributed by atoms with Crippen LogP contribution in [0.3, 0.4) is 0 Å². The van der Waals surface area contributed by atoms with Crippen LogP contribution in [0.4, 0.5) is 10.5 Å². The summed E-state index contributed by atoms with van der Waals surface area (Å²) in [6.07, 6.45) is 1.12. The predicted molar refractivity (Wildman–Crippen MR) is 79.2 cm³/mol. The van der Waals surface area contributed by atoms with Gasteiger partial charge in [0.2, 0.25) is 0 Å². The maximum atomic E-state index is 12.1. The fourth-order valence-corrected chi connectivity index (χ4v) is 2.08. The Hall–Kier alpha value is -2.04. The number of rotatable bonds is 5. The maximum absolute atomic E-state index is 12.1. The number of hydrogen-bond acceptors (Lipinski definition) is 2. The lowest BCUT2D eigenvalue weighted by Crippen LogP contribution is -2.46. The van der Waals surface area contributed by atoms with Gasteiger partial charge in [-0.25, -0.2) is 9.59 Å². The average molecular weight is 278 g/mol. The molecule has 0 aliphatic rings. The molecule has 0 saturated carbocycles. The number of aryl methyl sites for hydroxylation is 2. The number of urea groups is 1. The van der Waals surface area contributed by atoms with Gasteiger partial charge in [0.15, 0.2) is 0 Å². The number of carboxylic acid groups (broad SMARTS) is 1. The number of carbonyl (C=O) groups is 2. The van der Waals surface area contributed by atoms with Gasteiger partial charge < -0.3 is 10.4 Å². The summed E-state index contributed by atoms with van der Waals surface area (Å²) in [4.78, 5) is 24.6. The third-order valence-corrected chi connectivity index (χ3v) is 3.19. The molecule has 0 radical (unpaired) electrons. The van der Waals surface area contributed by atoms with Crippen molar-refractivity contribution in [3.63, 3.8) is 0 Å². The minimum absolute atomic E-state index is 0.405. The van der Waals surface area contributed by atoms with Crippen LogP contribution >= 0.6 is 0 Å². The first-order chi connectivity index (χ1) is 9.36. The molecule has 0 bridgehead atoms. The highest BCUT2D eigenvalue weighted by Crippen LogP contribution is 2.20. The van der Waals surface area contributed by atoms with E-state index in [9.17, 15) is 9.59 Å². The van der Waals surface area contributed by atoms with Gasteiger partial charge in [0, 0.05) is 12.7 Å². The number of nitrogens with zero attached hydrogens (tertiary/aromatic N) is 1. The first-order valence-electron chi connectivity index (χ1n) is 6.71. The molecular formula is C15H22N2O3. The maximum Gasteiger partial charge on any atom is 0.326 e. The smallest absolute Gasteiger partial charge is 0.326 e. The number of carbonyl (C=O) groups excluding carboxylic acids is 1. The summed E-state index contributed by atoms with van der Waals surface area (Å²) in [5.74, 6) is -1.01. The summed E-state index contributed by atoms with van der Waals surface area (Å²) in [5, 5.41) is 11.6. The third kappa shape index (κ3) is 3.98. The Morgan fingerprint density at radius 3 is 2.50 bits per heavy atom. The molecule has 1 rings (SSSR count). The lowest BCUT2D eigenvalue weighted by molar-refractivity contribution is -0.139. The van der Waals surface area contributed by atoms with E-state index in [1.165, 1.54) is 4.90 Å². The number of carboxylic acids is 1. The average Bonchev–Trinajstić information content (AvgIpc) is 2.37. The van der Waals surface area contributed by atoms with E-state index in [2.05, 4.69) is 5.32 Å². The molecule has 0 aromatic heterocycles. The fourth-order valence-electron chi connectivity index (χ4n) is 2.08. The number of hydrogen-bond donors (Lipinski definition) is 2. The van der Waals surface area contributed by atoms with Crippen molar-refractivity contribution in [1.29, 1.82) is 0 Å². The molecule has 1 aromatic carbocycles. The topological polar surface area (TPSA) is 69.6 Å². The van der Waals surface area contributed by atoms with Crippen molar-refractivity contribution in [1.82, 2.24) is 5.32 Å². The van der Waals surface area contributed by atoms with Crippen molar-refractivity contribution >= 4 is 17.7 Å². The van der Waals surface area contributed by atoms with Crippen LogP contribution < -0.4 is 10.2 Å². The molecule has 1 aromatic rings. The zero-order valence-electron chi connectivity index (χ0n) is 12.4. The highest BCUT2D eigenvalue weighted by Gasteiger charge is 2.21. The summed E-state index contributed by atoms with van der Waals surface area (Å²) < 4.78 is 0. The SMILES string of the molecule is CCCC(NC(=O)N(C)c1ccc(C)cc1C)C(=O)O. The molecule has 20 heavy (non-hydrogen) atoms. The Bertz CT molecular complexity index is 500. The molecule has 5 heteroatoms. The minimum atomic E-state index is -1.01. The second-order valence-electron chi connectivity index (χ2n) is 4.98. The summed E-state index contributed by atoms with van der Waals surface area (Å²) in [6.45, 7) is 5.79. The molecule has 2 amide bonds. The molecule has 2 N–H and O–H groups in total. The Balaban J connectivity index is 2.83. The Morgan fingerprint density at radius 1 is 1.35 bits per heavy atom. The second kappa shape index (κ2) is 6.93. The van der Waals surface area contributed by atoms with E-state index in [1.807, 2.05) is 39.0 Å². The number of anilines is 1. The normalized spacial score (nSPS) is 11.8. The van der Waals surface area contributed by atoms with Crippen molar-refractivity contribution < 1.29 is 14.7 Å². The standard InChI is InChI=1S/C15H22N2O3/c1-5-6-12(14(18)19)16-15(20)17(4)13-8-7-10(2)9-11(13)3/h7-9,12H,5-6H2,1-4H3,(H,16,20)(H,18,19). The van der Waals surface area contributed by atoms with Crippen LogP contribution in [0.2, 0.25) is 0 Å². The summed E-state index contributed by atoms with van der Waals surface area (Å²) >= 11 is 0. The molecular weight excluding hydrogens is 256 g/mol. The Labute approximate surface area is 119 Å². The first kappa shape index (κ1) is 16.0. The predicted octanol–water partition coefficient (Wildman–Crippen LogP) is 2.70. The van der Waals surface area contributed by atoms with Gasteiger partial charge in [-0.15, -0.1) is 0 Å². The van der Waals surface area contributed by atoms with E-state index in [1.54, 1.807) is 7.05 Å². The zero-order chi connectivity index (χ0) is 15.3. The number of benzene rings is 1. The Morgan fingerprint density at radius 2 is 2.00 bits per heavy atom. The number of aliphatic carboxylic acids is 1. The fraction of sp³-hybridized carbons (Fsp3) is 0.467. The first-order valence-corrected chi connectivity index (χ1v) is 6.71. The zero-order valence-corrected chi connectivity index (χ0v) is 12.4. The molecule has 0 spiro atoms. The highest BCUT2D eigenvalue weighted by atomic mass is 16.4. The second-order valence-corrected chi connectivity index (χ2v) is 4.98. The van der Waals surface area contributed by atoms with E-state index < -0.39 is 18.0 Å². The molecule has 0 heterocycles. The van der Waals surface area contributed by atoms with E-state index in [4.69, 9.17) is 5.11 Å². The molecule has 0 fully saturated rings. The number of nitrogens with one attached hydrogen (secondary N) is 1. The minimum Gasteiger partial charge on any atom is -0.480 e. The van der Waals surface area contributed by atoms with Gasteiger partial charge in [0.05, 0.1) is 0 Å². The van der Waals surface area contributed by atoms with Crippen molar-refractivity contribution in [3.8, 4) is 0 Å². The number of amides is 2. The van der Waals surface area contributed by atoms with Gasteiger partial charge in [0.1, 0.15) is 6.04 Å². The van der Waals surface area contributed by atoms with Crippen LogP contribution in [0.5, 0.6) is 0 Å². The highest BCUT2D eigenvalue weighted by molar-refractivity contribution is 5.94. The molecule has 0 aliphatic carbocycles. The summed E-state index contributed by atoms with van der Waals surface area (Å²) in [6, 6.07) is 4.52. The van der Waals surface area contributed by atoms with Gasteiger partial charge in [0.25, 0.3) is 0 Å². The van der Waals surface area contributed by atoms with E-state index in [-0.39, 0.29) is 0 Å². The molecule has 1 atom stereocenters. The van der Waals surface area contributed by atoms with E-state index >= 15 is 0 Å². The summed E-state index contributed by atoms with van der Waals surface area (Å²) in [7, 11) is 1.64. The van der Waals surface area contributed by atoms with Gasteiger partial charge >= 0.3 is 12.0 Å². The van der Waals surface area contributed by atoms with E-state index in [0.29, 0.717) is 12.8 Å². The van der Waals surface area contributed by atoms with Crippen molar-refractivity contribution in [2.24, 2.45) is 0 Å². The monoisotopic (exact) mass is 278 g/mol. The van der Waals surface area contributed by atoms with Crippen LogP contribution in [0, 0.1) is 13.8 Å². The van der Waals surface area contributed by atoms with Gasteiger partial charge in [-0.1, -0.05) is 31.0 Å². The third-order valence-electron chi connectivity index (χ3n) is 3.19. The molecule has 5 nitrogen and oxygen atoms in total. The van der Waals surface area contributed by atoms with Gasteiger partial charge in [-0.3, -0.25) is 4.90 Å². The van der Waals surface area contributed by atoms with Crippen molar-refractivity contribution in [2.75, 3.05) is 11.9 Å². The van der Waals surface area contributed by atoms with Gasteiger partial charge in [-0.2, -0.15) is 0 Å². The van der Waals surface area contributed by atoms with Gasteiger partial charge in [-0.05, 0) is 31.9 Å². The lowest BCUT2D eigenvalue weighted by Gasteiger charge is -2.23. The molecule has 0 saturated heterocycles. The van der Waals surface area contributed by atoms with Crippen molar-refractivity contribution in [2.45, 2.75) is 39.7 Å². The molecule has 0 aliphatic heterocycles. The summed E-state index contributed by atoms with van der Waals surface area (Å²) in [5.41, 5.74) is 2.87. The molecule has 110 valence electrons. The van der Waals surface area contributed by atoms with Crippen molar-refractivity contribution in [3.05, 3.63) is 29.3 Å². The lowest BCUT2D eigenvalue weighted by atomic mass is 10.1. The van der Waals surface area contributed by atoms with Crippen LogP contribution in [-0.4, -0.2) is 30.2 Å². The van der Waals surface area contributed by atoms with E-state index in [0.717, 1.165) is 16.8 Å². The van der Waals surface area contributed by atoms with Crippen LogP contribution in [0.25, 0.3) is 0 Å². The van der Waals surface area contributed by atoms with Crippen LogP contribution in [0.1, 0.15) is 30.9 Å². The quantitative estimate of drug-likeness (QED) is 0.870. The molecule has 1 unspecified atom stereocenters. The Kier molecular flexibility index (Phi) is 5.55. The van der Waals surface area contributed by atoms with Crippen LogP contribution in [0.15, 0.2) is 18.2 Å².